The summed E-state index contributed by atoms with van der Waals surface area (Å²) in [7, 11) is 0. The van der Waals surface area contributed by atoms with Gasteiger partial charge < -0.3 is 11.1 Å². The molecule has 4 nitrogen and oxygen atoms in total. The number of thioether (sulfide) groups is 1. The molecule has 0 aromatic carbocycles. The molecule has 0 saturated heterocycles. The van der Waals surface area contributed by atoms with Crippen molar-refractivity contribution in [3.8, 4) is 0 Å². The molecule has 0 radical (unpaired) electrons. The SMILES string of the molecule is CC(C)NC(=O)CSC(c1ccncc1)C(C)N. The molecule has 2 unspecified atom stereocenters. The van der Waals surface area contributed by atoms with Gasteiger partial charge in [-0.15, -0.1) is 11.8 Å². The Bertz CT molecular complexity index is 368. The van der Waals surface area contributed by atoms with E-state index in [1.165, 1.54) is 0 Å². The molecule has 0 aliphatic carbocycles. The second-order valence-corrected chi connectivity index (χ2v) is 5.72. The highest BCUT2D eigenvalue weighted by molar-refractivity contribution is 8.00. The van der Waals surface area contributed by atoms with Gasteiger partial charge in [-0.25, -0.2) is 0 Å². The van der Waals surface area contributed by atoms with Gasteiger partial charge in [0.1, 0.15) is 0 Å². The number of rotatable bonds is 6. The lowest BCUT2D eigenvalue weighted by atomic mass is 10.1. The summed E-state index contributed by atoms with van der Waals surface area (Å²) >= 11 is 1.57. The number of carbonyl (C=O) groups excluding carboxylic acids is 1. The molecule has 0 saturated carbocycles. The molecule has 1 amide bonds. The summed E-state index contributed by atoms with van der Waals surface area (Å²) in [5, 5.41) is 2.99. The maximum Gasteiger partial charge on any atom is 0.230 e. The van der Waals surface area contributed by atoms with E-state index in [4.69, 9.17) is 5.73 Å². The minimum Gasteiger partial charge on any atom is -0.353 e. The van der Waals surface area contributed by atoms with Crippen LogP contribution in [0, 0.1) is 0 Å². The summed E-state index contributed by atoms with van der Waals surface area (Å²) in [6.07, 6.45) is 3.50. The molecule has 0 spiro atoms. The third-order valence-electron chi connectivity index (χ3n) is 2.36. The van der Waals surface area contributed by atoms with Gasteiger partial charge in [-0.3, -0.25) is 9.78 Å². The molecule has 1 aromatic heterocycles. The summed E-state index contributed by atoms with van der Waals surface area (Å²) in [4.78, 5) is 15.6. The molecular weight excluding hydrogens is 246 g/mol. The Labute approximate surface area is 113 Å². The smallest absolute Gasteiger partial charge is 0.230 e. The van der Waals surface area contributed by atoms with Crippen molar-refractivity contribution in [2.75, 3.05) is 5.75 Å². The van der Waals surface area contributed by atoms with Gasteiger partial charge in [-0.05, 0) is 38.5 Å². The van der Waals surface area contributed by atoms with E-state index in [1.807, 2.05) is 32.9 Å². The van der Waals surface area contributed by atoms with Crippen LogP contribution >= 0.6 is 11.8 Å². The summed E-state index contributed by atoms with van der Waals surface area (Å²) in [5.74, 6) is 0.474. The van der Waals surface area contributed by atoms with Gasteiger partial charge in [0.15, 0.2) is 0 Å². The Hall–Kier alpha value is -1.07. The lowest BCUT2D eigenvalue weighted by Crippen LogP contribution is -2.32. The van der Waals surface area contributed by atoms with E-state index in [-0.39, 0.29) is 23.2 Å². The first kappa shape index (κ1) is 15.0. The summed E-state index contributed by atoms with van der Waals surface area (Å²) < 4.78 is 0. The topological polar surface area (TPSA) is 68.0 Å². The molecule has 0 fully saturated rings. The van der Waals surface area contributed by atoms with E-state index in [2.05, 4.69) is 10.3 Å². The molecule has 0 bridgehead atoms. The Balaban J connectivity index is 2.57. The van der Waals surface area contributed by atoms with Crippen molar-refractivity contribution in [1.29, 1.82) is 0 Å². The van der Waals surface area contributed by atoms with Gasteiger partial charge in [-0.2, -0.15) is 0 Å². The maximum atomic E-state index is 11.6. The number of nitrogens with zero attached hydrogens (tertiary/aromatic N) is 1. The molecule has 1 aromatic rings. The Morgan fingerprint density at radius 1 is 1.39 bits per heavy atom. The quantitative estimate of drug-likeness (QED) is 0.823. The average molecular weight is 267 g/mol. The highest BCUT2D eigenvalue weighted by atomic mass is 32.2. The fourth-order valence-electron chi connectivity index (χ4n) is 1.63. The number of hydrogen-bond acceptors (Lipinski definition) is 4. The average Bonchev–Trinajstić information content (AvgIpc) is 2.29. The van der Waals surface area contributed by atoms with E-state index in [1.54, 1.807) is 24.2 Å². The van der Waals surface area contributed by atoms with Gasteiger partial charge in [-0.1, -0.05) is 0 Å². The number of nitrogens with two attached hydrogens (primary N) is 1. The number of aromatic nitrogens is 1. The van der Waals surface area contributed by atoms with Crippen LogP contribution in [0.1, 0.15) is 31.6 Å². The normalized spacial score (nSPS) is 14.3. The third kappa shape index (κ3) is 5.06. The lowest BCUT2D eigenvalue weighted by Gasteiger charge is -2.20. The molecule has 3 N–H and O–H groups in total. The molecule has 2 atom stereocenters. The summed E-state index contributed by atoms with van der Waals surface area (Å²) in [5.41, 5.74) is 7.10. The Morgan fingerprint density at radius 3 is 2.50 bits per heavy atom. The zero-order valence-electron chi connectivity index (χ0n) is 11.1. The highest BCUT2D eigenvalue weighted by Gasteiger charge is 2.18. The number of amides is 1. The van der Waals surface area contributed by atoms with Crippen molar-refractivity contribution >= 4 is 17.7 Å². The van der Waals surface area contributed by atoms with Crippen molar-refractivity contribution in [2.24, 2.45) is 5.73 Å². The fourth-order valence-corrected chi connectivity index (χ4v) is 2.70. The third-order valence-corrected chi connectivity index (χ3v) is 3.85. The van der Waals surface area contributed by atoms with Crippen molar-refractivity contribution in [1.82, 2.24) is 10.3 Å². The lowest BCUT2D eigenvalue weighted by molar-refractivity contribution is -0.119. The number of hydrogen-bond donors (Lipinski definition) is 2. The minimum atomic E-state index is -0.00995. The van der Waals surface area contributed by atoms with Crippen LogP contribution in [0.2, 0.25) is 0 Å². The first-order valence-electron chi connectivity index (χ1n) is 6.07. The molecular formula is C13H21N3OS. The Morgan fingerprint density at radius 2 is 2.00 bits per heavy atom. The zero-order valence-corrected chi connectivity index (χ0v) is 11.9. The van der Waals surface area contributed by atoms with Crippen LogP contribution in [0.25, 0.3) is 0 Å². The van der Waals surface area contributed by atoms with Crippen LogP contribution < -0.4 is 11.1 Å². The molecule has 100 valence electrons. The first-order valence-corrected chi connectivity index (χ1v) is 7.12. The van der Waals surface area contributed by atoms with Crippen LogP contribution in [0.15, 0.2) is 24.5 Å². The predicted octanol–water partition coefficient (Wildman–Crippen LogP) is 1.73. The van der Waals surface area contributed by atoms with E-state index in [0.717, 1.165) is 5.56 Å². The van der Waals surface area contributed by atoms with Crippen LogP contribution in [-0.4, -0.2) is 28.7 Å². The van der Waals surface area contributed by atoms with Gasteiger partial charge >= 0.3 is 0 Å². The van der Waals surface area contributed by atoms with Crippen molar-refractivity contribution in [3.63, 3.8) is 0 Å². The largest absolute Gasteiger partial charge is 0.353 e. The Kier molecular flexibility index (Phi) is 6.15. The van der Waals surface area contributed by atoms with Crippen molar-refractivity contribution < 1.29 is 4.79 Å². The van der Waals surface area contributed by atoms with Gasteiger partial charge in [0.25, 0.3) is 0 Å². The van der Waals surface area contributed by atoms with Gasteiger partial charge in [0, 0.05) is 29.7 Å². The van der Waals surface area contributed by atoms with Crippen LogP contribution in [0.3, 0.4) is 0 Å². The van der Waals surface area contributed by atoms with E-state index < -0.39 is 0 Å². The van der Waals surface area contributed by atoms with E-state index in [9.17, 15) is 4.79 Å². The number of nitrogens with one attached hydrogen (secondary N) is 1. The molecule has 18 heavy (non-hydrogen) atoms. The molecule has 1 heterocycles. The van der Waals surface area contributed by atoms with Crippen LogP contribution in [-0.2, 0) is 4.79 Å². The fraction of sp³-hybridized carbons (Fsp3) is 0.538. The summed E-state index contributed by atoms with van der Waals surface area (Å²) in [6.45, 7) is 5.86. The molecule has 0 aliphatic rings. The zero-order chi connectivity index (χ0) is 13.5. The molecule has 0 aliphatic heterocycles. The number of pyridine rings is 1. The van der Waals surface area contributed by atoms with E-state index in [0.29, 0.717) is 5.75 Å². The number of carbonyl (C=O) groups is 1. The second kappa shape index (κ2) is 7.38. The summed E-state index contributed by atoms with van der Waals surface area (Å²) in [6, 6.07) is 4.06. The molecule has 1 rings (SSSR count). The minimum absolute atomic E-state index is 0.00995. The van der Waals surface area contributed by atoms with Gasteiger partial charge in [0.05, 0.1) is 5.75 Å². The molecule has 5 heteroatoms. The predicted molar refractivity (Wildman–Crippen MR) is 76.4 cm³/mol. The van der Waals surface area contributed by atoms with Crippen molar-refractivity contribution in [2.45, 2.75) is 38.1 Å². The monoisotopic (exact) mass is 267 g/mol. The van der Waals surface area contributed by atoms with Crippen LogP contribution in [0.4, 0.5) is 0 Å². The first-order chi connectivity index (χ1) is 8.50. The second-order valence-electron chi connectivity index (χ2n) is 4.59. The highest BCUT2D eigenvalue weighted by Crippen LogP contribution is 2.30. The standard InChI is InChI=1S/C13H21N3OS/c1-9(2)16-12(17)8-18-13(10(3)14)11-4-6-15-7-5-11/h4-7,9-10,13H,8,14H2,1-3H3,(H,16,17). The van der Waals surface area contributed by atoms with Crippen molar-refractivity contribution in [3.05, 3.63) is 30.1 Å². The van der Waals surface area contributed by atoms with E-state index >= 15 is 0 Å². The van der Waals surface area contributed by atoms with Gasteiger partial charge in [0.2, 0.25) is 5.91 Å². The van der Waals surface area contributed by atoms with Crippen LogP contribution in [0.5, 0.6) is 0 Å². The maximum absolute atomic E-state index is 11.6.